The Morgan fingerprint density at radius 3 is 2.55 bits per heavy atom. The number of hydrogen-bond donors (Lipinski definition) is 0. The van der Waals surface area contributed by atoms with E-state index in [1.54, 1.807) is 0 Å². The second-order valence-electron chi connectivity index (χ2n) is 4.00. The van der Waals surface area contributed by atoms with Crippen LogP contribution in [0.25, 0.3) is 6.08 Å². The zero-order valence-corrected chi connectivity index (χ0v) is 11.5. The summed E-state index contributed by atoms with van der Waals surface area (Å²) in [6.45, 7) is 1.40. The fraction of sp³-hybridized carbons (Fsp3) is 0.214. The molecule has 22 heavy (non-hydrogen) atoms. The Hall–Kier alpha value is -2.64. The van der Waals surface area contributed by atoms with Crippen LogP contribution in [0.1, 0.15) is 12.5 Å². The third-order valence-corrected chi connectivity index (χ3v) is 2.46. The lowest BCUT2D eigenvalue weighted by Crippen LogP contribution is -2.13. The van der Waals surface area contributed by atoms with Gasteiger partial charge in [-0.2, -0.15) is 13.2 Å². The van der Waals surface area contributed by atoms with E-state index >= 15 is 0 Å². The molecule has 0 atom stereocenters. The molecule has 5 nitrogen and oxygen atoms in total. The number of carbonyl (C=O) groups excluding carboxylic acids is 1. The maximum absolute atomic E-state index is 12.8. The van der Waals surface area contributed by atoms with Crippen LogP contribution in [-0.4, -0.2) is 23.7 Å². The van der Waals surface area contributed by atoms with Gasteiger partial charge >= 0.3 is 12.1 Å². The molecule has 118 valence electrons. The molecule has 0 radical (unpaired) electrons. The molecular weight excluding hydrogens is 303 g/mol. The number of halogens is 3. The number of esters is 1. The minimum Gasteiger partial charge on any atom is -0.463 e. The molecule has 1 aromatic carbocycles. The van der Waals surface area contributed by atoms with Gasteiger partial charge in [0, 0.05) is 12.1 Å². The van der Waals surface area contributed by atoms with Gasteiger partial charge in [-0.1, -0.05) is 12.1 Å². The number of nitro groups is 1. The van der Waals surface area contributed by atoms with Crippen molar-refractivity contribution >= 4 is 17.7 Å². The van der Waals surface area contributed by atoms with Crippen LogP contribution < -0.4 is 0 Å². The van der Waals surface area contributed by atoms with Crippen LogP contribution in [0.4, 0.5) is 18.9 Å². The van der Waals surface area contributed by atoms with Gasteiger partial charge in [0.2, 0.25) is 0 Å². The van der Waals surface area contributed by atoms with E-state index in [0.29, 0.717) is 12.2 Å². The predicted octanol–water partition coefficient (Wildman–Crippen LogP) is 3.66. The van der Waals surface area contributed by atoms with Gasteiger partial charge in [-0.05, 0) is 25.1 Å². The van der Waals surface area contributed by atoms with E-state index in [0.717, 1.165) is 6.08 Å². The summed E-state index contributed by atoms with van der Waals surface area (Å²) >= 11 is 0. The highest BCUT2D eigenvalue weighted by molar-refractivity contribution is 5.84. The summed E-state index contributed by atoms with van der Waals surface area (Å²) in [6.07, 6.45) is -2.96. The van der Waals surface area contributed by atoms with Crippen molar-refractivity contribution in [3.8, 4) is 0 Å². The molecule has 0 amide bonds. The molecule has 0 aliphatic rings. The third kappa shape index (κ3) is 5.04. The van der Waals surface area contributed by atoms with Crippen molar-refractivity contribution < 1.29 is 27.6 Å². The first-order chi connectivity index (χ1) is 10.3. The average Bonchev–Trinajstić information content (AvgIpc) is 2.42. The van der Waals surface area contributed by atoms with Gasteiger partial charge < -0.3 is 4.74 Å². The maximum Gasteiger partial charge on any atom is 0.416 e. The Labute approximate surface area is 123 Å². The third-order valence-electron chi connectivity index (χ3n) is 2.46. The molecule has 8 heteroatoms. The highest BCUT2D eigenvalue weighted by Gasteiger charge is 2.32. The Kier molecular flexibility index (Phi) is 5.85. The van der Waals surface area contributed by atoms with E-state index in [2.05, 4.69) is 4.74 Å². The number of ether oxygens (including phenoxy) is 1. The molecule has 0 saturated heterocycles. The van der Waals surface area contributed by atoms with Crippen LogP contribution >= 0.6 is 0 Å². The molecule has 0 aromatic heterocycles. The molecule has 0 bridgehead atoms. The number of para-hydroxylation sites is 1. The first-order valence-corrected chi connectivity index (χ1v) is 6.13. The standard InChI is InChI=1S/C14H12F3NO4/c1-2-22-13(19)9-11(14(15,16)17)8-7-10-5-3-4-6-12(10)18(20)21/h3-9H,2H2,1H3/b8-7+,11-9+. The fourth-order valence-corrected chi connectivity index (χ4v) is 1.51. The summed E-state index contributed by atoms with van der Waals surface area (Å²) in [4.78, 5) is 21.2. The molecular formula is C14H12F3NO4. The van der Waals surface area contributed by atoms with Gasteiger partial charge in [-0.3, -0.25) is 10.1 Å². The molecule has 0 spiro atoms. The number of benzene rings is 1. The SMILES string of the molecule is CCOC(=O)/C=C(\C=C\c1ccccc1[N+](=O)[O-])C(F)(F)F. The molecule has 0 fully saturated rings. The first kappa shape index (κ1) is 17.4. The lowest BCUT2D eigenvalue weighted by molar-refractivity contribution is -0.385. The first-order valence-electron chi connectivity index (χ1n) is 6.13. The predicted molar refractivity (Wildman–Crippen MR) is 72.9 cm³/mol. The van der Waals surface area contributed by atoms with Gasteiger partial charge in [0.1, 0.15) is 0 Å². The van der Waals surface area contributed by atoms with E-state index in [1.165, 1.54) is 31.2 Å². The summed E-state index contributed by atoms with van der Waals surface area (Å²) in [5, 5.41) is 10.8. The number of hydrogen-bond acceptors (Lipinski definition) is 4. The van der Waals surface area contributed by atoms with Gasteiger partial charge in [-0.15, -0.1) is 0 Å². The number of alkyl halides is 3. The minimum absolute atomic E-state index is 0.00786. The van der Waals surface area contributed by atoms with Gasteiger partial charge in [0.05, 0.1) is 22.7 Å². The summed E-state index contributed by atoms with van der Waals surface area (Å²) in [7, 11) is 0. The van der Waals surface area contributed by atoms with Crippen molar-refractivity contribution in [1.29, 1.82) is 0 Å². The van der Waals surface area contributed by atoms with Gasteiger partial charge in [-0.25, -0.2) is 4.79 Å². The average molecular weight is 315 g/mol. The molecule has 1 rings (SSSR count). The maximum atomic E-state index is 12.8. The summed E-state index contributed by atoms with van der Waals surface area (Å²) in [6, 6.07) is 5.32. The van der Waals surface area contributed by atoms with Crippen LogP contribution in [-0.2, 0) is 9.53 Å². The highest BCUT2D eigenvalue weighted by Crippen LogP contribution is 2.28. The van der Waals surface area contributed by atoms with E-state index in [-0.39, 0.29) is 17.9 Å². The Balaban J connectivity index is 3.15. The summed E-state index contributed by atoms with van der Waals surface area (Å²) < 4.78 is 42.9. The number of carbonyl (C=O) groups is 1. The van der Waals surface area contributed by atoms with Crippen molar-refractivity contribution in [2.45, 2.75) is 13.1 Å². The minimum atomic E-state index is -4.78. The topological polar surface area (TPSA) is 69.4 Å². The number of allylic oxidation sites excluding steroid dienone is 2. The van der Waals surface area contributed by atoms with Crippen LogP contribution in [0, 0.1) is 10.1 Å². The van der Waals surface area contributed by atoms with Crippen molar-refractivity contribution in [1.82, 2.24) is 0 Å². The van der Waals surface area contributed by atoms with Crippen LogP contribution in [0.15, 0.2) is 42.0 Å². The van der Waals surface area contributed by atoms with E-state index in [1.807, 2.05) is 0 Å². The number of rotatable bonds is 5. The molecule has 0 heterocycles. The Bertz CT molecular complexity index is 621. The van der Waals surface area contributed by atoms with E-state index < -0.39 is 22.6 Å². The van der Waals surface area contributed by atoms with E-state index in [9.17, 15) is 28.1 Å². The summed E-state index contributed by atoms with van der Waals surface area (Å²) in [5.41, 5.74) is -1.60. The van der Waals surface area contributed by atoms with Crippen molar-refractivity contribution in [2.24, 2.45) is 0 Å². The molecule has 1 aromatic rings. The highest BCUT2D eigenvalue weighted by atomic mass is 19.4. The van der Waals surface area contributed by atoms with E-state index in [4.69, 9.17) is 0 Å². The smallest absolute Gasteiger partial charge is 0.416 e. The molecule has 0 aliphatic heterocycles. The van der Waals surface area contributed by atoms with Gasteiger partial charge in [0.25, 0.3) is 5.69 Å². The zero-order valence-electron chi connectivity index (χ0n) is 11.5. The lowest BCUT2D eigenvalue weighted by atomic mass is 10.1. The normalized spacial score (nSPS) is 12.5. The Morgan fingerprint density at radius 1 is 1.36 bits per heavy atom. The second-order valence-corrected chi connectivity index (χ2v) is 4.00. The summed E-state index contributed by atoms with van der Waals surface area (Å²) in [5.74, 6) is -1.14. The molecule has 0 unspecified atom stereocenters. The molecule has 0 N–H and O–H groups in total. The van der Waals surface area contributed by atoms with Crippen molar-refractivity contribution in [2.75, 3.05) is 6.61 Å². The zero-order chi connectivity index (χ0) is 16.8. The monoisotopic (exact) mass is 315 g/mol. The number of nitro benzene ring substituents is 1. The van der Waals surface area contributed by atoms with Crippen LogP contribution in [0.2, 0.25) is 0 Å². The lowest BCUT2D eigenvalue weighted by Gasteiger charge is -2.07. The quantitative estimate of drug-likeness (QED) is 0.273. The largest absolute Gasteiger partial charge is 0.463 e. The Morgan fingerprint density at radius 2 is 2.00 bits per heavy atom. The fourth-order valence-electron chi connectivity index (χ4n) is 1.51. The van der Waals surface area contributed by atoms with Crippen LogP contribution in [0.3, 0.4) is 0 Å². The second kappa shape index (κ2) is 7.39. The van der Waals surface area contributed by atoms with Crippen molar-refractivity contribution in [3.63, 3.8) is 0 Å². The molecule has 0 aliphatic carbocycles. The van der Waals surface area contributed by atoms with Crippen LogP contribution in [0.5, 0.6) is 0 Å². The molecule has 0 saturated carbocycles. The van der Waals surface area contributed by atoms with Gasteiger partial charge in [0.15, 0.2) is 0 Å². The number of nitrogens with zero attached hydrogens (tertiary/aromatic N) is 1. The van der Waals surface area contributed by atoms with Crippen molar-refractivity contribution in [3.05, 3.63) is 57.7 Å².